The van der Waals surface area contributed by atoms with Crippen LogP contribution in [-0.4, -0.2) is 49.8 Å². The number of benzene rings is 1. The van der Waals surface area contributed by atoms with Crippen molar-refractivity contribution in [2.24, 2.45) is 0 Å². The van der Waals surface area contributed by atoms with Crippen molar-refractivity contribution in [1.29, 1.82) is 0 Å². The summed E-state index contributed by atoms with van der Waals surface area (Å²) in [5.74, 6) is 0.00304. The Bertz CT molecular complexity index is 560. The number of ether oxygens (including phenoxy) is 1. The number of nitrogens with zero attached hydrogens (tertiary/aromatic N) is 2. The summed E-state index contributed by atoms with van der Waals surface area (Å²) in [6, 6.07) is 10.1. The maximum atomic E-state index is 11.9. The molecule has 0 spiro atoms. The van der Waals surface area contributed by atoms with E-state index in [0.29, 0.717) is 17.3 Å². The molecule has 6 heteroatoms. The summed E-state index contributed by atoms with van der Waals surface area (Å²) < 4.78 is 4.62. The fourth-order valence-electron chi connectivity index (χ4n) is 2.21. The molecule has 118 valence electrons. The number of methoxy groups -OCH3 is 1. The molecule has 0 bridgehead atoms. The molecular formula is C16H20N2O3S. The molecule has 2 rings (SSSR count). The summed E-state index contributed by atoms with van der Waals surface area (Å²) in [5, 5.41) is 0.680. The minimum atomic E-state index is -0.427. The molecule has 22 heavy (non-hydrogen) atoms. The Hall–Kier alpha value is -1.95. The quantitative estimate of drug-likeness (QED) is 0.593. The molecule has 1 aliphatic rings. The smallest absolute Gasteiger partial charge is 0.333 e. The van der Waals surface area contributed by atoms with Crippen molar-refractivity contribution >= 4 is 29.3 Å². The highest BCUT2D eigenvalue weighted by Gasteiger charge is 2.26. The lowest BCUT2D eigenvalue weighted by Crippen LogP contribution is -2.29. The first-order chi connectivity index (χ1) is 10.6. The predicted octanol–water partition coefficient (Wildman–Crippen LogP) is 2.10. The van der Waals surface area contributed by atoms with E-state index in [1.165, 1.54) is 24.9 Å². The third-order valence-corrected chi connectivity index (χ3v) is 4.45. The summed E-state index contributed by atoms with van der Waals surface area (Å²) in [6.45, 7) is 1.44. The summed E-state index contributed by atoms with van der Waals surface area (Å²) in [6.07, 6.45) is 2.21. The molecule has 1 amide bonds. The first-order valence-corrected chi connectivity index (χ1v) is 8.09. The van der Waals surface area contributed by atoms with Crippen LogP contribution < -0.4 is 4.90 Å². The maximum absolute atomic E-state index is 11.9. The standard InChI is InChI=1S/C16H20N2O3S/c1-17(13-7-4-3-5-8-13)9-6-10-18-14(19)12-22-15(18)11-16(20)21-2/h3-5,7-8,11H,6,9-10,12H2,1-2H3. The second-order valence-corrected chi connectivity index (χ2v) is 5.95. The first kappa shape index (κ1) is 16.4. The zero-order valence-corrected chi connectivity index (χ0v) is 13.6. The van der Waals surface area contributed by atoms with Gasteiger partial charge in [-0.2, -0.15) is 0 Å². The van der Waals surface area contributed by atoms with E-state index in [1.54, 1.807) is 4.90 Å². The minimum absolute atomic E-state index is 0.0440. The van der Waals surface area contributed by atoms with Crippen molar-refractivity contribution in [1.82, 2.24) is 4.90 Å². The van der Waals surface area contributed by atoms with Crippen molar-refractivity contribution < 1.29 is 14.3 Å². The monoisotopic (exact) mass is 320 g/mol. The van der Waals surface area contributed by atoms with Crippen LogP contribution in [0.5, 0.6) is 0 Å². The average Bonchev–Trinajstić information content (AvgIpc) is 2.88. The van der Waals surface area contributed by atoms with Gasteiger partial charge in [-0.3, -0.25) is 4.79 Å². The molecule has 0 unspecified atom stereocenters. The van der Waals surface area contributed by atoms with E-state index in [2.05, 4.69) is 21.8 Å². The van der Waals surface area contributed by atoms with Crippen LogP contribution in [0.1, 0.15) is 6.42 Å². The normalized spacial score (nSPS) is 16.2. The number of hydrogen-bond acceptors (Lipinski definition) is 5. The minimum Gasteiger partial charge on any atom is -0.466 e. The third-order valence-electron chi connectivity index (χ3n) is 3.43. The largest absolute Gasteiger partial charge is 0.466 e. The lowest BCUT2D eigenvalue weighted by atomic mass is 10.3. The topological polar surface area (TPSA) is 49.9 Å². The Morgan fingerprint density at radius 2 is 2.14 bits per heavy atom. The summed E-state index contributed by atoms with van der Waals surface area (Å²) in [4.78, 5) is 27.0. The molecule has 0 saturated carbocycles. The Balaban J connectivity index is 1.88. The zero-order chi connectivity index (χ0) is 15.9. The number of hydrogen-bond donors (Lipinski definition) is 0. The van der Waals surface area contributed by atoms with Gasteiger partial charge in [0.1, 0.15) is 0 Å². The maximum Gasteiger partial charge on any atom is 0.333 e. The number of esters is 1. The van der Waals surface area contributed by atoms with E-state index in [9.17, 15) is 9.59 Å². The van der Waals surface area contributed by atoms with E-state index in [-0.39, 0.29) is 5.91 Å². The van der Waals surface area contributed by atoms with Crippen LogP contribution in [0.3, 0.4) is 0 Å². The second kappa shape index (κ2) is 7.89. The molecule has 0 aromatic heterocycles. The van der Waals surface area contributed by atoms with Crippen LogP contribution in [0, 0.1) is 0 Å². The molecule has 1 saturated heterocycles. The molecule has 1 fully saturated rings. The van der Waals surface area contributed by atoms with Gasteiger partial charge in [0.2, 0.25) is 5.91 Å². The van der Waals surface area contributed by atoms with Crippen molar-refractivity contribution in [3.8, 4) is 0 Å². The van der Waals surface area contributed by atoms with Crippen LogP contribution in [0.2, 0.25) is 0 Å². The Labute approximate surface area is 134 Å². The van der Waals surface area contributed by atoms with Crippen LogP contribution in [0.25, 0.3) is 0 Å². The fraction of sp³-hybridized carbons (Fsp3) is 0.375. The highest BCUT2D eigenvalue weighted by Crippen LogP contribution is 2.28. The SMILES string of the molecule is COC(=O)C=C1SCC(=O)N1CCCN(C)c1ccccc1. The lowest BCUT2D eigenvalue weighted by Gasteiger charge is -2.22. The Morgan fingerprint density at radius 1 is 1.41 bits per heavy atom. The van der Waals surface area contributed by atoms with Crippen LogP contribution >= 0.6 is 11.8 Å². The van der Waals surface area contributed by atoms with Crippen LogP contribution in [0.4, 0.5) is 5.69 Å². The summed E-state index contributed by atoms with van der Waals surface area (Å²) in [5.41, 5.74) is 1.15. The van der Waals surface area contributed by atoms with Gasteiger partial charge in [-0.1, -0.05) is 30.0 Å². The van der Waals surface area contributed by atoms with Gasteiger partial charge in [0.25, 0.3) is 0 Å². The van der Waals surface area contributed by atoms with E-state index in [4.69, 9.17) is 0 Å². The second-order valence-electron chi connectivity index (χ2n) is 4.95. The molecule has 0 N–H and O–H groups in total. The molecule has 1 heterocycles. The van der Waals surface area contributed by atoms with Gasteiger partial charge in [-0.25, -0.2) is 4.79 Å². The Kier molecular flexibility index (Phi) is 5.89. The van der Waals surface area contributed by atoms with Crippen molar-refractivity contribution in [3.05, 3.63) is 41.4 Å². The summed E-state index contributed by atoms with van der Waals surface area (Å²) >= 11 is 1.38. The van der Waals surface area contributed by atoms with Gasteiger partial charge in [0.05, 0.1) is 24.0 Å². The number of anilines is 1. The van der Waals surface area contributed by atoms with Crippen molar-refractivity contribution in [2.75, 3.05) is 37.9 Å². The van der Waals surface area contributed by atoms with E-state index in [1.807, 2.05) is 25.2 Å². The van der Waals surface area contributed by atoms with E-state index in [0.717, 1.165) is 18.7 Å². The predicted molar refractivity (Wildman–Crippen MR) is 88.6 cm³/mol. The van der Waals surface area contributed by atoms with Gasteiger partial charge in [-0.15, -0.1) is 0 Å². The third kappa shape index (κ3) is 4.27. The average molecular weight is 320 g/mol. The van der Waals surface area contributed by atoms with Gasteiger partial charge in [0, 0.05) is 25.8 Å². The summed E-state index contributed by atoms with van der Waals surface area (Å²) in [7, 11) is 3.36. The molecule has 1 aliphatic heterocycles. The number of rotatable bonds is 6. The zero-order valence-electron chi connectivity index (χ0n) is 12.8. The van der Waals surface area contributed by atoms with Gasteiger partial charge in [-0.05, 0) is 18.6 Å². The Morgan fingerprint density at radius 3 is 2.82 bits per heavy atom. The molecule has 5 nitrogen and oxygen atoms in total. The molecule has 1 aromatic carbocycles. The molecule has 0 radical (unpaired) electrons. The first-order valence-electron chi connectivity index (χ1n) is 7.11. The van der Waals surface area contributed by atoms with Crippen LogP contribution in [0.15, 0.2) is 41.4 Å². The fourth-order valence-corrected chi connectivity index (χ4v) is 3.16. The van der Waals surface area contributed by atoms with Crippen molar-refractivity contribution in [3.63, 3.8) is 0 Å². The van der Waals surface area contributed by atoms with Gasteiger partial charge < -0.3 is 14.5 Å². The van der Waals surface area contributed by atoms with Crippen molar-refractivity contribution in [2.45, 2.75) is 6.42 Å². The number of carbonyl (C=O) groups is 2. The van der Waals surface area contributed by atoms with E-state index >= 15 is 0 Å². The molecule has 0 aliphatic carbocycles. The lowest BCUT2D eigenvalue weighted by molar-refractivity contribution is -0.134. The molecule has 1 aromatic rings. The van der Waals surface area contributed by atoms with Gasteiger partial charge in [0.15, 0.2) is 0 Å². The van der Waals surface area contributed by atoms with E-state index < -0.39 is 5.97 Å². The number of carbonyl (C=O) groups excluding carboxylic acids is 2. The number of thioether (sulfide) groups is 1. The number of amides is 1. The highest BCUT2D eigenvalue weighted by molar-refractivity contribution is 8.04. The highest BCUT2D eigenvalue weighted by atomic mass is 32.2. The molecule has 0 atom stereocenters. The molecular weight excluding hydrogens is 300 g/mol. The number of para-hydroxylation sites is 1. The van der Waals surface area contributed by atoms with Crippen LogP contribution in [-0.2, 0) is 14.3 Å². The van der Waals surface area contributed by atoms with Gasteiger partial charge >= 0.3 is 5.97 Å².